The van der Waals surface area contributed by atoms with Crippen LogP contribution >= 0.6 is 0 Å². The highest BCUT2D eigenvalue weighted by Crippen LogP contribution is 2.12. The number of hydrogen-bond donors (Lipinski definition) is 2. The number of carbonyl (C=O) groups excluding carboxylic acids is 1. The summed E-state index contributed by atoms with van der Waals surface area (Å²) in [6, 6.07) is 1.97. The number of hydrogen-bond acceptors (Lipinski definition) is 5. The zero-order valence-corrected chi connectivity index (χ0v) is 12.1. The Kier molecular flexibility index (Phi) is 4.24. The molecule has 1 fully saturated rings. The molecule has 3 N–H and O–H groups in total. The smallest absolute Gasteiger partial charge is 0.242 e. The molecule has 1 saturated heterocycles. The average Bonchev–Trinajstić information content (AvgIpc) is 2.91. The highest BCUT2D eigenvalue weighted by Gasteiger charge is 2.27. The van der Waals surface area contributed by atoms with Gasteiger partial charge in [-0.2, -0.15) is 4.72 Å². The van der Waals surface area contributed by atoms with Crippen LogP contribution in [0.1, 0.15) is 19.8 Å². The minimum absolute atomic E-state index is 0.00669. The average molecular weight is 298 g/mol. The molecule has 7 nitrogen and oxygen atoms in total. The van der Waals surface area contributed by atoms with E-state index < -0.39 is 16.1 Å². The summed E-state index contributed by atoms with van der Waals surface area (Å²) in [5.74, 6) is 0.0413. The van der Waals surface area contributed by atoms with Gasteiger partial charge in [0.05, 0.1) is 6.04 Å². The van der Waals surface area contributed by atoms with E-state index in [0.29, 0.717) is 13.1 Å². The Bertz CT molecular complexity index is 579. The largest absolute Gasteiger partial charge is 0.384 e. The van der Waals surface area contributed by atoms with Crippen molar-refractivity contribution in [3.8, 4) is 0 Å². The summed E-state index contributed by atoms with van der Waals surface area (Å²) in [4.78, 5) is 17.5. The molecule has 1 aliphatic rings. The second-order valence-corrected chi connectivity index (χ2v) is 6.51. The Balaban J connectivity index is 2.07. The number of aromatic nitrogens is 1. The van der Waals surface area contributed by atoms with E-state index in [9.17, 15) is 13.2 Å². The van der Waals surface area contributed by atoms with Crippen LogP contribution in [0.25, 0.3) is 0 Å². The fourth-order valence-electron chi connectivity index (χ4n) is 2.11. The molecule has 1 amide bonds. The van der Waals surface area contributed by atoms with Gasteiger partial charge in [0.1, 0.15) is 10.7 Å². The Labute approximate surface area is 118 Å². The van der Waals surface area contributed by atoms with Gasteiger partial charge in [-0.1, -0.05) is 0 Å². The van der Waals surface area contributed by atoms with Gasteiger partial charge in [0.2, 0.25) is 15.9 Å². The first-order valence-corrected chi connectivity index (χ1v) is 7.91. The molecule has 0 aromatic carbocycles. The molecule has 0 saturated carbocycles. The van der Waals surface area contributed by atoms with Crippen molar-refractivity contribution in [2.45, 2.75) is 30.7 Å². The molecule has 2 rings (SSSR count). The maximum absolute atomic E-state index is 12.1. The summed E-state index contributed by atoms with van der Waals surface area (Å²) in [5.41, 5.74) is 5.42. The second kappa shape index (κ2) is 5.76. The minimum atomic E-state index is -3.77. The first-order valence-electron chi connectivity index (χ1n) is 6.43. The molecule has 1 unspecified atom stereocenters. The van der Waals surface area contributed by atoms with E-state index in [2.05, 4.69) is 9.71 Å². The number of anilines is 1. The number of rotatable bonds is 4. The summed E-state index contributed by atoms with van der Waals surface area (Å²) in [7, 11) is -3.77. The quantitative estimate of drug-likeness (QED) is 0.811. The lowest BCUT2D eigenvalue weighted by Gasteiger charge is -2.21. The van der Waals surface area contributed by atoms with Crippen LogP contribution in [0.2, 0.25) is 0 Å². The Morgan fingerprint density at radius 1 is 1.40 bits per heavy atom. The maximum Gasteiger partial charge on any atom is 0.242 e. The van der Waals surface area contributed by atoms with Crippen molar-refractivity contribution < 1.29 is 13.2 Å². The Morgan fingerprint density at radius 2 is 2.05 bits per heavy atom. The van der Waals surface area contributed by atoms with Crippen LogP contribution in [0.5, 0.6) is 0 Å². The molecule has 1 aromatic heterocycles. The third-order valence-corrected chi connectivity index (χ3v) is 4.72. The van der Waals surface area contributed by atoms with Gasteiger partial charge >= 0.3 is 0 Å². The van der Waals surface area contributed by atoms with Gasteiger partial charge in [0, 0.05) is 19.3 Å². The van der Waals surface area contributed by atoms with Crippen LogP contribution < -0.4 is 10.5 Å². The van der Waals surface area contributed by atoms with Gasteiger partial charge in [-0.05, 0) is 31.9 Å². The summed E-state index contributed by atoms with van der Waals surface area (Å²) >= 11 is 0. The SMILES string of the molecule is CC(NS(=O)(=O)c1ccc(N)nc1)C(=O)N1CCCC1. The van der Waals surface area contributed by atoms with Crippen LogP contribution in [-0.2, 0) is 14.8 Å². The number of pyridine rings is 1. The number of nitrogens with zero attached hydrogens (tertiary/aromatic N) is 2. The maximum atomic E-state index is 12.1. The molecule has 1 aliphatic heterocycles. The molecule has 8 heteroatoms. The number of carbonyl (C=O) groups is 1. The third kappa shape index (κ3) is 3.26. The van der Waals surface area contributed by atoms with Crippen molar-refractivity contribution in [1.82, 2.24) is 14.6 Å². The monoisotopic (exact) mass is 298 g/mol. The van der Waals surface area contributed by atoms with Crippen molar-refractivity contribution in [3.63, 3.8) is 0 Å². The first-order chi connectivity index (χ1) is 9.40. The van der Waals surface area contributed by atoms with Crippen LogP contribution in [0, 0.1) is 0 Å². The van der Waals surface area contributed by atoms with E-state index in [1.165, 1.54) is 18.3 Å². The van der Waals surface area contributed by atoms with E-state index in [4.69, 9.17) is 5.73 Å². The second-order valence-electron chi connectivity index (χ2n) is 4.79. The molecule has 2 heterocycles. The molecule has 0 bridgehead atoms. The highest BCUT2D eigenvalue weighted by molar-refractivity contribution is 7.89. The topological polar surface area (TPSA) is 105 Å². The van der Waals surface area contributed by atoms with Crippen molar-refractivity contribution in [2.24, 2.45) is 0 Å². The summed E-state index contributed by atoms with van der Waals surface area (Å²) in [5, 5.41) is 0. The summed E-state index contributed by atoms with van der Waals surface area (Å²) in [6.45, 7) is 2.92. The minimum Gasteiger partial charge on any atom is -0.384 e. The predicted octanol–water partition coefficient (Wildman–Crippen LogP) is -0.0470. The van der Waals surface area contributed by atoms with E-state index in [-0.39, 0.29) is 16.6 Å². The summed E-state index contributed by atoms with van der Waals surface area (Å²) in [6.07, 6.45) is 3.10. The molecule has 1 atom stereocenters. The molecule has 0 aliphatic carbocycles. The fraction of sp³-hybridized carbons (Fsp3) is 0.500. The number of nitrogens with one attached hydrogen (secondary N) is 1. The standard InChI is InChI=1S/C12H18N4O3S/c1-9(12(17)16-6-2-3-7-16)15-20(18,19)10-4-5-11(13)14-8-10/h4-5,8-9,15H,2-3,6-7H2,1H3,(H2,13,14). The number of nitrogens with two attached hydrogens (primary N) is 1. The van der Waals surface area contributed by atoms with Crippen LogP contribution in [-0.4, -0.2) is 43.3 Å². The van der Waals surface area contributed by atoms with Gasteiger partial charge in [-0.15, -0.1) is 0 Å². The number of likely N-dealkylation sites (tertiary alicyclic amines) is 1. The zero-order valence-electron chi connectivity index (χ0n) is 11.2. The molecule has 110 valence electrons. The lowest BCUT2D eigenvalue weighted by Crippen LogP contribution is -2.45. The van der Waals surface area contributed by atoms with Gasteiger partial charge in [-0.3, -0.25) is 4.79 Å². The molecular formula is C12H18N4O3S. The van der Waals surface area contributed by atoms with Crippen molar-refractivity contribution in [2.75, 3.05) is 18.8 Å². The van der Waals surface area contributed by atoms with Crippen molar-refractivity contribution in [3.05, 3.63) is 18.3 Å². The van der Waals surface area contributed by atoms with E-state index in [1.54, 1.807) is 11.8 Å². The number of nitrogen functional groups attached to an aromatic ring is 1. The normalized spacial score (nSPS) is 17.1. The van der Waals surface area contributed by atoms with E-state index in [0.717, 1.165) is 12.8 Å². The van der Waals surface area contributed by atoms with Gasteiger partial charge in [-0.25, -0.2) is 13.4 Å². The highest BCUT2D eigenvalue weighted by atomic mass is 32.2. The van der Waals surface area contributed by atoms with Gasteiger partial charge < -0.3 is 10.6 Å². The first kappa shape index (κ1) is 14.7. The fourth-order valence-corrected chi connectivity index (χ4v) is 3.25. The number of amides is 1. The lowest BCUT2D eigenvalue weighted by atomic mass is 10.3. The number of sulfonamides is 1. The van der Waals surface area contributed by atoms with E-state index in [1.807, 2.05) is 0 Å². The molecule has 20 heavy (non-hydrogen) atoms. The van der Waals surface area contributed by atoms with Crippen LogP contribution in [0.4, 0.5) is 5.82 Å². The van der Waals surface area contributed by atoms with Crippen molar-refractivity contribution in [1.29, 1.82) is 0 Å². The van der Waals surface area contributed by atoms with Crippen LogP contribution in [0.15, 0.2) is 23.2 Å². The predicted molar refractivity (Wildman–Crippen MR) is 74.2 cm³/mol. The molecule has 1 aromatic rings. The van der Waals surface area contributed by atoms with E-state index >= 15 is 0 Å². The van der Waals surface area contributed by atoms with Crippen LogP contribution in [0.3, 0.4) is 0 Å². The summed E-state index contributed by atoms with van der Waals surface area (Å²) < 4.78 is 26.6. The van der Waals surface area contributed by atoms with Gasteiger partial charge in [0.25, 0.3) is 0 Å². The molecule has 0 radical (unpaired) electrons. The Morgan fingerprint density at radius 3 is 2.60 bits per heavy atom. The molecule has 0 spiro atoms. The zero-order chi connectivity index (χ0) is 14.8. The van der Waals surface area contributed by atoms with Crippen molar-refractivity contribution >= 4 is 21.7 Å². The lowest BCUT2D eigenvalue weighted by molar-refractivity contribution is -0.131. The Hall–Kier alpha value is -1.67. The third-order valence-electron chi connectivity index (χ3n) is 3.19. The van der Waals surface area contributed by atoms with Gasteiger partial charge in [0.15, 0.2) is 0 Å². The molecular weight excluding hydrogens is 280 g/mol.